The first kappa shape index (κ1) is 12.1. The molecule has 0 bridgehead atoms. The van der Waals surface area contributed by atoms with Gasteiger partial charge in [0, 0.05) is 11.8 Å². The van der Waals surface area contributed by atoms with Crippen molar-refractivity contribution in [3.05, 3.63) is 40.4 Å². The third-order valence-corrected chi connectivity index (χ3v) is 2.91. The molecule has 0 unspecified atom stereocenters. The molecular formula is C12H10Cl2N2O. The summed E-state index contributed by atoms with van der Waals surface area (Å²) in [6.45, 7) is 1.88. The van der Waals surface area contributed by atoms with Gasteiger partial charge in [-0.05, 0) is 36.2 Å². The monoisotopic (exact) mass is 268 g/mol. The highest BCUT2D eigenvalue weighted by Gasteiger charge is 2.08. The van der Waals surface area contributed by atoms with E-state index in [0.717, 1.165) is 16.8 Å². The van der Waals surface area contributed by atoms with E-state index in [1.807, 2.05) is 19.1 Å². The van der Waals surface area contributed by atoms with E-state index in [2.05, 4.69) is 9.97 Å². The number of rotatable bonds is 2. The van der Waals surface area contributed by atoms with Gasteiger partial charge in [-0.25, -0.2) is 9.97 Å². The third-order valence-electron chi connectivity index (χ3n) is 2.41. The molecule has 0 atom stereocenters. The van der Waals surface area contributed by atoms with E-state index < -0.39 is 0 Å². The van der Waals surface area contributed by atoms with Crippen molar-refractivity contribution in [1.29, 1.82) is 0 Å². The molecule has 0 spiro atoms. The van der Waals surface area contributed by atoms with Crippen molar-refractivity contribution in [2.24, 2.45) is 0 Å². The van der Waals surface area contributed by atoms with E-state index in [1.54, 1.807) is 19.4 Å². The van der Waals surface area contributed by atoms with Crippen LogP contribution in [0.15, 0.2) is 24.4 Å². The average molecular weight is 269 g/mol. The van der Waals surface area contributed by atoms with Crippen LogP contribution >= 0.6 is 23.2 Å². The summed E-state index contributed by atoms with van der Waals surface area (Å²) in [6.07, 6.45) is 1.69. The van der Waals surface area contributed by atoms with Crippen LogP contribution in [0.4, 0.5) is 0 Å². The first-order chi connectivity index (χ1) is 8.11. The Labute approximate surface area is 109 Å². The summed E-state index contributed by atoms with van der Waals surface area (Å²) in [5, 5.41) is 0.816. The molecule has 3 nitrogen and oxygen atoms in total. The van der Waals surface area contributed by atoms with Crippen LogP contribution in [0.1, 0.15) is 5.69 Å². The zero-order valence-corrected chi connectivity index (χ0v) is 10.9. The molecule has 0 aliphatic carbocycles. The summed E-state index contributed by atoms with van der Waals surface area (Å²) in [7, 11) is 1.58. The van der Waals surface area contributed by atoms with E-state index in [4.69, 9.17) is 27.9 Å². The normalized spacial score (nSPS) is 10.4. The summed E-state index contributed by atoms with van der Waals surface area (Å²) >= 11 is 11.7. The molecule has 1 aromatic carbocycles. The van der Waals surface area contributed by atoms with Crippen LogP contribution in [-0.2, 0) is 0 Å². The smallest absolute Gasteiger partial charge is 0.222 e. The second-order valence-corrected chi connectivity index (χ2v) is 4.23. The second-order valence-electron chi connectivity index (χ2n) is 3.49. The number of ether oxygens (including phenoxy) is 1. The molecule has 17 heavy (non-hydrogen) atoms. The van der Waals surface area contributed by atoms with Gasteiger partial charge >= 0.3 is 0 Å². The lowest BCUT2D eigenvalue weighted by atomic mass is 10.1. The topological polar surface area (TPSA) is 35.0 Å². The van der Waals surface area contributed by atoms with Crippen LogP contribution in [0.25, 0.3) is 11.1 Å². The Morgan fingerprint density at radius 2 is 2.00 bits per heavy atom. The van der Waals surface area contributed by atoms with Crippen LogP contribution in [0.3, 0.4) is 0 Å². The van der Waals surface area contributed by atoms with Crippen LogP contribution in [0.2, 0.25) is 10.3 Å². The molecule has 0 N–H and O–H groups in total. The summed E-state index contributed by atoms with van der Waals surface area (Å²) < 4.78 is 5.17. The lowest BCUT2D eigenvalue weighted by molar-refractivity contribution is 0.415. The first-order valence-electron chi connectivity index (χ1n) is 4.95. The van der Waals surface area contributed by atoms with E-state index in [1.165, 1.54) is 0 Å². The second kappa shape index (κ2) is 4.90. The Balaban J connectivity index is 2.53. The summed E-state index contributed by atoms with van der Waals surface area (Å²) in [5.74, 6) is 0.624. The first-order valence-corrected chi connectivity index (χ1v) is 5.70. The van der Waals surface area contributed by atoms with Crippen molar-refractivity contribution in [2.45, 2.75) is 6.92 Å². The molecule has 0 amide bonds. The van der Waals surface area contributed by atoms with Crippen LogP contribution in [0.5, 0.6) is 5.75 Å². The third kappa shape index (κ3) is 2.51. The van der Waals surface area contributed by atoms with E-state index >= 15 is 0 Å². The summed E-state index contributed by atoms with van der Waals surface area (Å²) in [6, 6.07) is 5.52. The van der Waals surface area contributed by atoms with Crippen molar-refractivity contribution in [3.63, 3.8) is 0 Å². The fraction of sp³-hybridized carbons (Fsp3) is 0.167. The number of aryl methyl sites for hydroxylation is 1. The van der Waals surface area contributed by atoms with Crippen molar-refractivity contribution >= 4 is 23.2 Å². The maximum absolute atomic E-state index is 5.97. The van der Waals surface area contributed by atoms with E-state index in [9.17, 15) is 0 Å². The molecular weight excluding hydrogens is 259 g/mol. The van der Waals surface area contributed by atoms with Crippen molar-refractivity contribution in [1.82, 2.24) is 9.97 Å². The molecule has 0 fully saturated rings. The van der Waals surface area contributed by atoms with Gasteiger partial charge in [0.05, 0.1) is 17.8 Å². The number of halogens is 2. The summed E-state index contributed by atoms with van der Waals surface area (Å²) in [5.41, 5.74) is 2.67. The molecule has 88 valence electrons. The largest absolute Gasteiger partial charge is 0.495 e. The highest BCUT2D eigenvalue weighted by Crippen LogP contribution is 2.31. The molecule has 5 heteroatoms. The van der Waals surface area contributed by atoms with Crippen LogP contribution in [0, 0.1) is 6.92 Å². The minimum atomic E-state index is 0.243. The predicted molar refractivity (Wildman–Crippen MR) is 68.8 cm³/mol. The van der Waals surface area contributed by atoms with E-state index in [-0.39, 0.29) is 5.28 Å². The Bertz CT molecular complexity index is 558. The average Bonchev–Trinajstić information content (AvgIpc) is 2.30. The lowest BCUT2D eigenvalue weighted by Gasteiger charge is -2.08. The van der Waals surface area contributed by atoms with E-state index in [0.29, 0.717) is 10.8 Å². The van der Waals surface area contributed by atoms with Gasteiger partial charge in [-0.3, -0.25) is 0 Å². The van der Waals surface area contributed by atoms with Gasteiger partial charge in [0.1, 0.15) is 5.75 Å². The Morgan fingerprint density at radius 1 is 1.24 bits per heavy atom. The summed E-state index contributed by atoms with van der Waals surface area (Å²) in [4.78, 5) is 8.08. The number of hydrogen-bond acceptors (Lipinski definition) is 3. The Morgan fingerprint density at radius 3 is 2.65 bits per heavy atom. The zero-order valence-electron chi connectivity index (χ0n) is 9.37. The van der Waals surface area contributed by atoms with Gasteiger partial charge in [-0.2, -0.15) is 0 Å². The number of nitrogens with zero attached hydrogens (tertiary/aromatic N) is 2. The highest BCUT2D eigenvalue weighted by molar-refractivity contribution is 6.32. The van der Waals surface area contributed by atoms with Gasteiger partial charge < -0.3 is 4.74 Å². The predicted octanol–water partition coefficient (Wildman–Crippen LogP) is 3.77. The zero-order chi connectivity index (χ0) is 12.4. The van der Waals surface area contributed by atoms with Gasteiger partial charge in [0.25, 0.3) is 0 Å². The maximum Gasteiger partial charge on any atom is 0.222 e. The maximum atomic E-state index is 5.97. The number of benzene rings is 1. The Kier molecular flexibility index (Phi) is 3.50. The molecule has 1 aromatic heterocycles. The minimum absolute atomic E-state index is 0.243. The van der Waals surface area contributed by atoms with Crippen LogP contribution < -0.4 is 4.74 Å². The fourth-order valence-electron chi connectivity index (χ4n) is 1.55. The standard InChI is InChI=1S/C12H10Cl2N2O/c1-7-9(6-15-12(14)16-7)8-3-4-10(13)11(5-8)17-2/h3-6H,1-2H3. The molecule has 0 aliphatic heterocycles. The SMILES string of the molecule is COc1cc(-c2cnc(Cl)nc2C)ccc1Cl. The van der Waals surface area contributed by atoms with Gasteiger partial charge in [-0.15, -0.1) is 0 Å². The molecule has 1 heterocycles. The minimum Gasteiger partial charge on any atom is -0.495 e. The molecule has 0 radical (unpaired) electrons. The van der Waals surface area contributed by atoms with Gasteiger partial charge in [0.2, 0.25) is 5.28 Å². The molecule has 2 aromatic rings. The van der Waals surface area contributed by atoms with Crippen molar-refractivity contribution < 1.29 is 4.74 Å². The van der Waals surface area contributed by atoms with Crippen molar-refractivity contribution in [2.75, 3.05) is 7.11 Å². The van der Waals surface area contributed by atoms with Gasteiger partial charge in [-0.1, -0.05) is 17.7 Å². The fourth-order valence-corrected chi connectivity index (χ4v) is 1.92. The number of aromatic nitrogens is 2. The Hall–Kier alpha value is -1.32. The highest BCUT2D eigenvalue weighted by atomic mass is 35.5. The molecule has 0 saturated heterocycles. The molecule has 0 saturated carbocycles. The molecule has 2 rings (SSSR count). The quantitative estimate of drug-likeness (QED) is 0.778. The number of hydrogen-bond donors (Lipinski definition) is 0. The van der Waals surface area contributed by atoms with Crippen molar-refractivity contribution in [3.8, 4) is 16.9 Å². The molecule has 0 aliphatic rings. The van der Waals surface area contributed by atoms with Gasteiger partial charge in [0.15, 0.2) is 0 Å². The van der Waals surface area contributed by atoms with Crippen LogP contribution in [-0.4, -0.2) is 17.1 Å². The lowest BCUT2D eigenvalue weighted by Crippen LogP contribution is -1.92. The number of methoxy groups -OCH3 is 1.